The number of likely N-dealkylation sites (tertiary alicyclic amines) is 1. The summed E-state index contributed by atoms with van der Waals surface area (Å²) in [5.74, 6) is 2.95. The normalized spacial score (nSPS) is 44.2. The van der Waals surface area contributed by atoms with E-state index in [9.17, 15) is 14.7 Å². The Morgan fingerprint density at radius 2 is 1.65 bits per heavy atom. The maximum absolute atomic E-state index is 12.7. The summed E-state index contributed by atoms with van der Waals surface area (Å²) in [5, 5.41) is 9.25. The Kier molecular flexibility index (Phi) is 2.52. The Morgan fingerprint density at radius 1 is 1.10 bits per heavy atom. The molecule has 0 aromatic heterocycles. The number of piperidine rings is 1. The van der Waals surface area contributed by atoms with E-state index in [1.54, 1.807) is 0 Å². The van der Waals surface area contributed by atoms with Gasteiger partial charge in [0.25, 0.3) is 0 Å². The summed E-state index contributed by atoms with van der Waals surface area (Å²) in [5.41, 5.74) is -0.630. The molecule has 110 valence electrons. The molecule has 2 bridgehead atoms. The van der Waals surface area contributed by atoms with Crippen LogP contribution in [0, 0.1) is 35.0 Å². The molecular formula is C16H23NO3. The molecule has 4 heteroatoms. The minimum atomic E-state index is -0.717. The zero-order valence-corrected chi connectivity index (χ0v) is 12.0. The van der Waals surface area contributed by atoms with Crippen LogP contribution in [0.25, 0.3) is 0 Å². The molecule has 4 rings (SSSR count). The number of carboxylic acid groups (broad SMARTS) is 1. The van der Waals surface area contributed by atoms with E-state index in [2.05, 4.69) is 0 Å². The van der Waals surface area contributed by atoms with Gasteiger partial charge in [-0.2, -0.15) is 0 Å². The Labute approximate surface area is 119 Å². The maximum atomic E-state index is 12.7. The minimum Gasteiger partial charge on any atom is -0.481 e. The molecule has 4 fully saturated rings. The van der Waals surface area contributed by atoms with E-state index in [0.717, 1.165) is 11.8 Å². The van der Waals surface area contributed by atoms with Gasteiger partial charge in [-0.15, -0.1) is 0 Å². The molecule has 0 aromatic carbocycles. The summed E-state index contributed by atoms with van der Waals surface area (Å²) in [6, 6.07) is 0. The third kappa shape index (κ3) is 1.60. The number of amides is 1. The van der Waals surface area contributed by atoms with E-state index in [1.807, 2.05) is 11.8 Å². The summed E-state index contributed by atoms with van der Waals surface area (Å²) < 4.78 is 0. The zero-order chi connectivity index (χ0) is 14.1. The van der Waals surface area contributed by atoms with Crippen LogP contribution in [0.1, 0.15) is 39.0 Å². The SMILES string of the molecule is CC1(C(=O)O)CCN(C(=O)C2C3C4CCC(C4)C23)CC1. The molecule has 0 aromatic rings. The average molecular weight is 277 g/mol. The van der Waals surface area contributed by atoms with Crippen LogP contribution in [-0.2, 0) is 9.59 Å². The second-order valence-electron chi connectivity index (χ2n) is 7.70. The van der Waals surface area contributed by atoms with Gasteiger partial charge in [-0.1, -0.05) is 0 Å². The fraction of sp³-hybridized carbons (Fsp3) is 0.875. The van der Waals surface area contributed by atoms with Crippen molar-refractivity contribution in [1.29, 1.82) is 0 Å². The second kappa shape index (κ2) is 3.99. The van der Waals surface area contributed by atoms with Crippen molar-refractivity contribution in [2.75, 3.05) is 13.1 Å². The van der Waals surface area contributed by atoms with Crippen LogP contribution < -0.4 is 0 Å². The molecule has 1 amide bonds. The van der Waals surface area contributed by atoms with Gasteiger partial charge in [0.05, 0.1) is 5.41 Å². The largest absolute Gasteiger partial charge is 0.481 e. The highest BCUT2D eigenvalue weighted by atomic mass is 16.4. The number of carboxylic acids is 1. The average Bonchev–Trinajstić information content (AvgIpc) is 2.86. The molecule has 4 nitrogen and oxygen atoms in total. The number of carbonyl (C=O) groups is 2. The smallest absolute Gasteiger partial charge is 0.309 e. The summed E-state index contributed by atoms with van der Waals surface area (Å²) in [6.45, 7) is 3.07. The van der Waals surface area contributed by atoms with Crippen LogP contribution in [0.3, 0.4) is 0 Å². The van der Waals surface area contributed by atoms with Gasteiger partial charge in [-0.05, 0) is 62.7 Å². The van der Waals surface area contributed by atoms with Crippen molar-refractivity contribution in [3.05, 3.63) is 0 Å². The molecule has 3 aliphatic carbocycles. The number of hydrogen-bond acceptors (Lipinski definition) is 2. The highest BCUT2D eigenvalue weighted by Crippen LogP contribution is 2.69. The van der Waals surface area contributed by atoms with Crippen LogP contribution in [0.15, 0.2) is 0 Å². The van der Waals surface area contributed by atoms with Crippen molar-refractivity contribution >= 4 is 11.9 Å². The van der Waals surface area contributed by atoms with Crippen molar-refractivity contribution in [2.24, 2.45) is 35.0 Å². The molecule has 0 spiro atoms. The first kappa shape index (κ1) is 12.7. The lowest BCUT2D eigenvalue weighted by Gasteiger charge is -2.37. The van der Waals surface area contributed by atoms with Gasteiger partial charge in [0.1, 0.15) is 0 Å². The highest BCUT2D eigenvalue weighted by Gasteiger charge is 2.68. The molecule has 4 aliphatic rings. The number of hydrogen-bond donors (Lipinski definition) is 1. The van der Waals surface area contributed by atoms with E-state index in [0.29, 0.717) is 49.6 Å². The van der Waals surface area contributed by atoms with Crippen LogP contribution in [0.2, 0.25) is 0 Å². The first-order chi connectivity index (χ1) is 9.51. The lowest BCUT2D eigenvalue weighted by atomic mass is 9.80. The standard InChI is InChI=1S/C16H23NO3/c1-16(15(19)20)4-6-17(7-5-16)14(18)13-11-9-2-3-10(8-9)12(11)13/h9-13H,2-8H2,1H3,(H,19,20). The van der Waals surface area contributed by atoms with Crippen molar-refractivity contribution in [3.8, 4) is 0 Å². The maximum Gasteiger partial charge on any atom is 0.309 e. The molecule has 4 unspecified atom stereocenters. The molecule has 1 aliphatic heterocycles. The molecule has 20 heavy (non-hydrogen) atoms. The minimum absolute atomic E-state index is 0.301. The molecule has 1 N–H and O–H groups in total. The lowest BCUT2D eigenvalue weighted by molar-refractivity contribution is -0.153. The number of aliphatic carboxylic acids is 1. The van der Waals surface area contributed by atoms with Gasteiger partial charge in [-0.25, -0.2) is 0 Å². The van der Waals surface area contributed by atoms with Crippen LogP contribution in [0.5, 0.6) is 0 Å². The van der Waals surface area contributed by atoms with Crippen molar-refractivity contribution in [1.82, 2.24) is 4.90 Å². The topological polar surface area (TPSA) is 57.6 Å². The fourth-order valence-electron chi connectivity index (χ4n) is 5.30. The van der Waals surface area contributed by atoms with Crippen LogP contribution in [-0.4, -0.2) is 35.0 Å². The van der Waals surface area contributed by atoms with E-state index in [1.165, 1.54) is 19.3 Å². The Bertz CT molecular complexity index is 450. The van der Waals surface area contributed by atoms with Gasteiger partial charge >= 0.3 is 5.97 Å². The summed E-state index contributed by atoms with van der Waals surface area (Å²) >= 11 is 0. The second-order valence-corrected chi connectivity index (χ2v) is 7.70. The summed E-state index contributed by atoms with van der Waals surface area (Å²) in [4.78, 5) is 25.9. The van der Waals surface area contributed by atoms with Crippen LogP contribution >= 0.6 is 0 Å². The van der Waals surface area contributed by atoms with Gasteiger partial charge in [0.15, 0.2) is 0 Å². The predicted molar refractivity (Wildman–Crippen MR) is 72.9 cm³/mol. The first-order valence-corrected chi connectivity index (χ1v) is 8.03. The van der Waals surface area contributed by atoms with Crippen LogP contribution in [0.4, 0.5) is 0 Å². The highest BCUT2D eigenvalue weighted by molar-refractivity contribution is 5.83. The van der Waals surface area contributed by atoms with E-state index >= 15 is 0 Å². The molecule has 0 radical (unpaired) electrons. The summed E-state index contributed by atoms with van der Waals surface area (Å²) in [6.07, 6.45) is 5.25. The Morgan fingerprint density at radius 3 is 2.15 bits per heavy atom. The Balaban J connectivity index is 1.39. The summed E-state index contributed by atoms with van der Waals surface area (Å²) in [7, 11) is 0. The van der Waals surface area contributed by atoms with Gasteiger partial charge < -0.3 is 10.0 Å². The van der Waals surface area contributed by atoms with Gasteiger partial charge in [0.2, 0.25) is 5.91 Å². The van der Waals surface area contributed by atoms with Crippen molar-refractivity contribution < 1.29 is 14.7 Å². The molecular weight excluding hydrogens is 254 g/mol. The third-order valence-electron chi connectivity index (χ3n) is 6.72. The lowest BCUT2D eigenvalue weighted by Crippen LogP contribution is -2.46. The first-order valence-electron chi connectivity index (χ1n) is 8.03. The fourth-order valence-corrected chi connectivity index (χ4v) is 5.30. The van der Waals surface area contributed by atoms with E-state index in [-0.39, 0.29) is 0 Å². The van der Waals surface area contributed by atoms with Crippen molar-refractivity contribution in [2.45, 2.75) is 39.0 Å². The monoisotopic (exact) mass is 277 g/mol. The number of rotatable bonds is 2. The Hall–Kier alpha value is -1.06. The van der Waals surface area contributed by atoms with E-state index in [4.69, 9.17) is 0 Å². The molecule has 4 atom stereocenters. The predicted octanol–water partition coefficient (Wildman–Crippen LogP) is 1.99. The number of fused-ring (bicyclic) bond motifs is 5. The quantitative estimate of drug-likeness (QED) is 0.840. The molecule has 1 saturated heterocycles. The molecule has 3 saturated carbocycles. The van der Waals surface area contributed by atoms with Gasteiger partial charge in [0, 0.05) is 19.0 Å². The third-order valence-corrected chi connectivity index (χ3v) is 6.72. The number of nitrogens with zero attached hydrogens (tertiary/aromatic N) is 1. The zero-order valence-electron chi connectivity index (χ0n) is 12.0. The van der Waals surface area contributed by atoms with Crippen molar-refractivity contribution in [3.63, 3.8) is 0 Å². The number of carbonyl (C=O) groups excluding carboxylic acids is 1. The van der Waals surface area contributed by atoms with E-state index < -0.39 is 11.4 Å². The molecule has 1 heterocycles. The van der Waals surface area contributed by atoms with Gasteiger partial charge in [-0.3, -0.25) is 9.59 Å².